The van der Waals surface area contributed by atoms with Crippen LogP contribution in [0.4, 0.5) is 0 Å². The van der Waals surface area contributed by atoms with Crippen LogP contribution in [0, 0.1) is 5.92 Å². The van der Waals surface area contributed by atoms with Crippen molar-refractivity contribution in [1.29, 1.82) is 0 Å². The molecule has 2 saturated heterocycles. The molecule has 1 N–H and O–H groups in total. The molecule has 4 heteroatoms. The Morgan fingerprint density at radius 3 is 2.59 bits per heavy atom. The van der Waals surface area contributed by atoms with E-state index in [1.165, 1.54) is 0 Å². The lowest BCUT2D eigenvalue weighted by Gasteiger charge is -2.35. The van der Waals surface area contributed by atoms with E-state index in [0.717, 1.165) is 45.5 Å². The maximum absolute atomic E-state index is 12.5. The lowest BCUT2D eigenvalue weighted by atomic mass is 10.00. The summed E-state index contributed by atoms with van der Waals surface area (Å²) in [6, 6.07) is 0.408. The zero-order chi connectivity index (χ0) is 12.3. The van der Waals surface area contributed by atoms with E-state index in [4.69, 9.17) is 4.74 Å². The number of piperidine rings is 1. The fourth-order valence-electron chi connectivity index (χ4n) is 2.89. The minimum atomic E-state index is -0.190. The first-order valence-corrected chi connectivity index (χ1v) is 6.86. The molecule has 0 radical (unpaired) electrons. The lowest BCUT2D eigenvalue weighted by molar-refractivity contribution is -0.145. The van der Waals surface area contributed by atoms with E-state index < -0.39 is 0 Å². The molecule has 2 aliphatic rings. The molecule has 4 nitrogen and oxygen atoms in total. The van der Waals surface area contributed by atoms with Crippen molar-refractivity contribution in [2.24, 2.45) is 5.92 Å². The molecule has 0 saturated carbocycles. The Morgan fingerprint density at radius 1 is 1.35 bits per heavy atom. The van der Waals surface area contributed by atoms with Gasteiger partial charge >= 0.3 is 0 Å². The lowest BCUT2D eigenvalue weighted by Crippen LogP contribution is -2.50. The molecular formula is C13H24N2O2. The smallest absolute Gasteiger partial charge is 0.252 e. The fourth-order valence-corrected chi connectivity index (χ4v) is 2.89. The summed E-state index contributed by atoms with van der Waals surface area (Å²) >= 11 is 0. The molecule has 2 rings (SSSR count). The first-order chi connectivity index (χ1) is 8.24. The standard InChI is InChI=1S/C13H24N2O2/c1-3-15(11-4-7-14-8-5-11)13(16)12-10(2)6-9-17-12/h10-12,14H,3-9H2,1-2H3. The molecule has 0 aromatic rings. The average molecular weight is 240 g/mol. The second-order valence-electron chi connectivity index (χ2n) is 5.16. The number of nitrogens with zero attached hydrogens (tertiary/aromatic N) is 1. The Morgan fingerprint density at radius 2 is 2.06 bits per heavy atom. The highest BCUT2D eigenvalue weighted by Crippen LogP contribution is 2.24. The first kappa shape index (κ1) is 12.8. The monoisotopic (exact) mass is 240 g/mol. The van der Waals surface area contributed by atoms with Crippen LogP contribution in [-0.2, 0) is 9.53 Å². The van der Waals surface area contributed by atoms with Crippen molar-refractivity contribution in [3.63, 3.8) is 0 Å². The van der Waals surface area contributed by atoms with Gasteiger partial charge in [-0.15, -0.1) is 0 Å². The summed E-state index contributed by atoms with van der Waals surface area (Å²) in [5.74, 6) is 0.586. The van der Waals surface area contributed by atoms with Crippen LogP contribution in [0.15, 0.2) is 0 Å². The maximum atomic E-state index is 12.5. The predicted molar refractivity (Wildman–Crippen MR) is 66.8 cm³/mol. The number of likely N-dealkylation sites (N-methyl/N-ethyl adjacent to an activating group) is 1. The summed E-state index contributed by atoms with van der Waals surface area (Å²) in [5, 5.41) is 3.34. The van der Waals surface area contributed by atoms with Gasteiger partial charge in [-0.2, -0.15) is 0 Å². The SMILES string of the molecule is CCN(C(=O)C1OCCC1C)C1CCNCC1. The number of carbonyl (C=O) groups is 1. The molecule has 2 aliphatic heterocycles. The van der Waals surface area contributed by atoms with Gasteiger partial charge in [-0.3, -0.25) is 4.79 Å². The summed E-state index contributed by atoms with van der Waals surface area (Å²) in [4.78, 5) is 14.5. The third kappa shape index (κ3) is 2.80. The van der Waals surface area contributed by atoms with Crippen LogP contribution in [0.25, 0.3) is 0 Å². The van der Waals surface area contributed by atoms with Crippen molar-refractivity contribution in [1.82, 2.24) is 10.2 Å². The van der Waals surface area contributed by atoms with Gasteiger partial charge in [-0.1, -0.05) is 6.92 Å². The van der Waals surface area contributed by atoms with E-state index in [1.54, 1.807) is 0 Å². The molecule has 98 valence electrons. The average Bonchev–Trinajstić information content (AvgIpc) is 2.77. The summed E-state index contributed by atoms with van der Waals surface area (Å²) in [6.45, 7) is 7.77. The van der Waals surface area contributed by atoms with Crippen LogP contribution in [0.1, 0.15) is 33.1 Å². The van der Waals surface area contributed by atoms with Gasteiger partial charge in [-0.25, -0.2) is 0 Å². The molecule has 0 spiro atoms. The molecule has 2 atom stereocenters. The van der Waals surface area contributed by atoms with E-state index in [-0.39, 0.29) is 12.0 Å². The van der Waals surface area contributed by atoms with Crippen molar-refractivity contribution >= 4 is 5.91 Å². The predicted octanol–water partition coefficient (Wildman–Crippen LogP) is 1.01. The highest BCUT2D eigenvalue weighted by molar-refractivity contribution is 5.81. The number of amides is 1. The minimum absolute atomic E-state index is 0.190. The highest BCUT2D eigenvalue weighted by atomic mass is 16.5. The highest BCUT2D eigenvalue weighted by Gasteiger charge is 2.36. The molecule has 1 amide bonds. The summed E-state index contributed by atoms with van der Waals surface area (Å²) in [5.41, 5.74) is 0. The maximum Gasteiger partial charge on any atom is 0.252 e. The van der Waals surface area contributed by atoms with Crippen LogP contribution in [0.3, 0.4) is 0 Å². The Bertz CT molecular complexity index is 264. The zero-order valence-electron chi connectivity index (χ0n) is 10.9. The van der Waals surface area contributed by atoms with Crippen LogP contribution >= 0.6 is 0 Å². The van der Waals surface area contributed by atoms with E-state index in [1.807, 2.05) is 4.90 Å². The largest absolute Gasteiger partial charge is 0.368 e. The molecule has 17 heavy (non-hydrogen) atoms. The fraction of sp³-hybridized carbons (Fsp3) is 0.923. The third-order valence-electron chi connectivity index (χ3n) is 4.00. The van der Waals surface area contributed by atoms with Crippen LogP contribution in [0.5, 0.6) is 0 Å². The van der Waals surface area contributed by atoms with Gasteiger partial charge in [0.05, 0.1) is 0 Å². The Balaban J connectivity index is 1.98. The van der Waals surface area contributed by atoms with Crippen LogP contribution in [-0.4, -0.2) is 49.2 Å². The second-order valence-corrected chi connectivity index (χ2v) is 5.16. The van der Waals surface area contributed by atoms with E-state index >= 15 is 0 Å². The molecule has 2 unspecified atom stereocenters. The van der Waals surface area contributed by atoms with Crippen LogP contribution in [0.2, 0.25) is 0 Å². The summed E-state index contributed by atoms with van der Waals surface area (Å²) < 4.78 is 5.59. The van der Waals surface area contributed by atoms with Crippen LogP contribution < -0.4 is 5.32 Å². The van der Waals surface area contributed by atoms with Crippen molar-refractivity contribution in [3.05, 3.63) is 0 Å². The number of hydrogen-bond acceptors (Lipinski definition) is 3. The second kappa shape index (κ2) is 5.83. The van der Waals surface area contributed by atoms with Gasteiger partial charge in [0.1, 0.15) is 6.10 Å². The Hall–Kier alpha value is -0.610. The molecule has 0 aliphatic carbocycles. The third-order valence-corrected chi connectivity index (χ3v) is 4.00. The quantitative estimate of drug-likeness (QED) is 0.800. The van der Waals surface area contributed by atoms with Gasteiger partial charge in [0.2, 0.25) is 0 Å². The van der Waals surface area contributed by atoms with Gasteiger partial charge in [-0.05, 0) is 45.2 Å². The number of hydrogen-bond donors (Lipinski definition) is 1. The number of carbonyl (C=O) groups excluding carboxylic acids is 1. The topological polar surface area (TPSA) is 41.6 Å². The minimum Gasteiger partial charge on any atom is -0.368 e. The number of nitrogens with one attached hydrogen (secondary N) is 1. The summed E-state index contributed by atoms with van der Waals surface area (Å²) in [7, 11) is 0. The van der Waals surface area contributed by atoms with Gasteiger partial charge in [0.15, 0.2) is 0 Å². The van der Waals surface area contributed by atoms with Crippen molar-refractivity contribution < 1.29 is 9.53 Å². The molecule has 2 heterocycles. The van der Waals surface area contributed by atoms with E-state index in [0.29, 0.717) is 12.0 Å². The van der Waals surface area contributed by atoms with Gasteiger partial charge in [0, 0.05) is 19.2 Å². The molecule has 0 aromatic heterocycles. The Kier molecular flexibility index (Phi) is 4.40. The molecule has 2 fully saturated rings. The zero-order valence-corrected chi connectivity index (χ0v) is 10.9. The van der Waals surface area contributed by atoms with Crippen molar-refractivity contribution in [3.8, 4) is 0 Å². The molecular weight excluding hydrogens is 216 g/mol. The van der Waals surface area contributed by atoms with Crippen molar-refractivity contribution in [2.45, 2.75) is 45.3 Å². The van der Waals surface area contributed by atoms with Crippen molar-refractivity contribution in [2.75, 3.05) is 26.2 Å². The summed E-state index contributed by atoms with van der Waals surface area (Å²) in [6.07, 6.45) is 2.96. The van der Waals surface area contributed by atoms with E-state index in [9.17, 15) is 4.79 Å². The Labute approximate surface area is 104 Å². The van der Waals surface area contributed by atoms with Gasteiger partial charge in [0.25, 0.3) is 5.91 Å². The molecule has 0 aromatic carbocycles. The first-order valence-electron chi connectivity index (χ1n) is 6.86. The normalized spacial score (nSPS) is 30.5. The number of rotatable bonds is 3. The van der Waals surface area contributed by atoms with E-state index in [2.05, 4.69) is 19.2 Å². The number of ether oxygens (including phenoxy) is 1. The van der Waals surface area contributed by atoms with Gasteiger partial charge < -0.3 is 15.0 Å². The molecule has 0 bridgehead atoms.